The number of fused-ring (bicyclic) bond motifs is 7. The van der Waals surface area contributed by atoms with Gasteiger partial charge >= 0.3 is 0 Å². The Hall–Kier alpha value is -6.91. The van der Waals surface area contributed by atoms with E-state index in [2.05, 4.69) is 164 Å². The SMILES string of the molecule is CC1(C)c2cc3c(cc2C2C=CC=CC21)c1ccccc1n3-c1cc(-c2nc(-c3ccccc3)nc(-c3ccccc3)n2)cc(-c2cccc3ccccc23)c1. The molecule has 0 radical (unpaired) electrons. The summed E-state index contributed by atoms with van der Waals surface area (Å²) in [5.41, 5.74) is 11.4. The van der Waals surface area contributed by atoms with Crippen molar-refractivity contribution in [1.82, 2.24) is 19.5 Å². The fourth-order valence-electron chi connectivity index (χ4n) is 9.36. The zero-order valence-corrected chi connectivity index (χ0v) is 31.3. The van der Waals surface area contributed by atoms with Crippen LogP contribution in [0.15, 0.2) is 182 Å². The first-order valence-electron chi connectivity index (χ1n) is 19.4. The molecule has 2 unspecified atom stereocenters. The van der Waals surface area contributed by atoms with Gasteiger partial charge in [-0.15, -0.1) is 0 Å². The normalized spacial score (nSPS) is 16.8. The number of hydrogen-bond donors (Lipinski definition) is 0. The fraction of sp³-hybridized carbons (Fsp3) is 0.0962. The average molecular weight is 719 g/mol. The van der Waals surface area contributed by atoms with Gasteiger partial charge in [-0.25, -0.2) is 15.0 Å². The highest BCUT2D eigenvalue weighted by atomic mass is 15.0. The third-order valence-corrected chi connectivity index (χ3v) is 12.1. The van der Waals surface area contributed by atoms with Gasteiger partial charge in [-0.05, 0) is 80.8 Å². The molecule has 0 amide bonds. The predicted molar refractivity (Wildman–Crippen MR) is 231 cm³/mol. The smallest absolute Gasteiger partial charge is 0.164 e. The predicted octanol–water partition coefficient (Wildman–Crippen LogP) is 12.9. The average Bonchev–Trinajstić information content (AvgIpc) is 3.70. The molecule has 4 nitrogen and oxygen atoms in total. The molecule has 0 saturated heterocycles. The van der Waals surface area contributed by atoms with Crippen LogP contribution in [0.5, 0.6) is 0 Å². The van der Waals surface area contributed by atoms with Crippen LogP contribution < -0.4 is 0 Å². The molecule has 0 aliphatic heterocycles. The molecule has 2 aromatic heterocycles. The number of nitrogens with zero attached hydrogens (tertiary/aromatic N) is 4. The maximum atomic E-state index is 5.21. The maximum absolute atomic E-state index is 5.21. The third-order valence-electron chi connectivity index (χ3n) is 12.1. The summed E-state index contributed by atoms with van der Waals surface area (Å²) >= 11 is 0. The molecule has 2 aliphatic rings. The standard InChI is InChI=1S/C52H38N4/c1-52(2)45-26-13-11-23-41(45)43-31-44-42-24-12-14-27-47(42)56(48(44)32-46(43)52)38-29-36(40-25-15-21-33-16-9-10-22-39(33)40)28-37(30-38)51-54-49(34-17-5-3-6-18-34)53-50(55-51)35-19-7-4-8-20-35/h3-32,41,45H,1-2H3. The van der Waals surface area contributed by atoms with E-state index in [0.29, 0.717) is 29.3 Å². The van der Waals surface area contributed by atoms with Crippen LogP contribution in [0.1, 0.15) is 30.9 Å². The molecule has 0 saturated carbocycles. The summed E-state index contributed by atoms with van der Waals surface area (Å²) in [7, 11) is 0. The lowest BCUT2D eigenvalue weighted by molar-refractivity contribution is 0.394. The molecule has 56 heavy (non-hydrogen) atoms. The van der Waals surface area contributed by atoms with E-state index in [1.165, 1.54) is 43.7 Å². The summed E-state index contributed by atoms with van der Waals surface area (Å²) in [4.78, 5) is 15.4. The van der Waals surface area contributed by atoms with Gasteiger partial charge < -0.3 is 4.57 Å². The van der Waals surface area contributed by atoms with Gasteiger partial charge in [0.05, 0.1) is 11.0 Å². The summed E-state index contributed by atoms with van der Waals surface area (Å²) in [6.45, 7) is 4.82. The van der Waals surface area contributed by atoms with Crippen LogP contribution in [0.4, 0.5) is 0 Å². The number of hydrogen-bond acceptors (Lipinski definition) is 3. The molecule has 7 aromatic carbocycles. The highest BCUT2D eigenvalue weighted by Gasteiger charge is 2.45. The van der Waals surface area contributed by atoms with Gasteiger partial charge in [0.1, 0.15) is 0 Å². The van der Waals surface area contributed by atoms with Crippen molar-refractivity contribution in [2.75, 3.05) is 0 Å². The van der Waals surface area contributed by atoms with Gasteiger partial charge in [-0.2, -0.15) is 0 Å². The van der Waals surface area contributed by atoms with Crippen molar-refractivity contribution < 1.29 is 0 Å². The van der Waals surface area contributed by atoms with E-state index in [1.54, 1.807) is 0 Å². The van der Waals surface area contributed by atoms with Crippen molar-refractivity contribution in [2.24, 2.45) is 5.92 Å². The van der Waals surface area contributed by atoms with Crippen molar-refractivity contribution in [3.63, 3.8) is 0 Å². The molecular formula is C52H38N4. The molecule has 0 spiro atoms. The van der Waals surface area contributed by atoms with Crippen molar-refractivity contribution >= 4 is 32.6 Å². The quantitative estimate of drug-likeness (QED) is 0.178. The minimum atomic E-state index is -0.0146. The molecule has 2 heterocycles. The molecular weight excluding hydrogens is 681 g/mol. The van der Waals surface area contributed by atoms with Crippen LogP contribution >= 0.6 is 0 Å². The number of benzene rings is 7. The Morgan fingerprint density at radius 3 is 1.84 bits per heavy atom. The van der Waals surface area contributed by atoms with Gasteiger partial charge in [0, 0.05) is 39.1 Å². The zero-order chi connectivity index (χ0) is 37.4. The Morgan fingerprint density at radius 1 is 0.482 bits per heavy atom. The van der Waals surface area contributed by atoms with Gasteiger partial charge in [0.15, 0.2) is 17.5 Å². The lowest BCUT2D eigenvalue weighted by Gasteiger charge is -2.29. The first-order valence-corrected chi connectivity index (χ1v) is 19.4. The largest absolute Gasteiger partial charge is 0.309 e. The topological polar surface area (TPSA) is 43.6 Å². The van der Waals surface area contributed by atoms with E-state index in [-0.39, 0.29) is 5.41 Å². The third kappa shape index (κ3) is 5.10. The number of para-hydroxylation sites is 1. The molecule has 9 aromatic rings. The summed E-state index contributed by atoms with van der Waals surface area (Å²) in [5.74, 6) is 2.72. The van der Waals surface area contributed by atoms with Gasteiger partial charge in [0.25, 0.3) is 0 Å². The monoisotopic (exact) mass is 718 g/mol. The first kappa shape index (κ1) is 32.5. The van der Waals surface area contributed by atoms with E-state index in [9.17, 15) is 0 Å². The van der Waals surface area contributed by atoms with Gasteiger partial charge in [-0.3, -0.25) is 0 Å². The second kappa shape index (κ2) is 12.6. The molecule has 0 N–H and O–H groups in total. The van der Waals surface area contributed by atoms with E-state index >= 15 is 0 Å². The molecule has 11 rings (SSSR count). The van der Waals surface area contributed by atoms with Crippen molar-refractivity contribution in [2.45, 2.75) is 25.2 Å². The highest BCUT2D eigenvalue weighted by molar-refractivity contribution is 6.10. The number of rotatable bonds is 5. The molecule has 0 fully saturated rings. The van der Waals surface area contributed by atoms with Crippen molar-refractivity contribution in [3.05, 3.63) is 193 Å². The van der Waals surface area contributed by atoms with Crippen molar-refractivity contribution in [3.8, 4) is 51.0 Å². The molecule has 0 bridgehead atoms. The van der Waals surface area contributed by atoms with E-state index < -0.39 is 0 Å². The number of allylic oxidation sites excluding steroid dienone is 4. The molecule has 2 aliphatic carbocycles. The van der Waals surface area contributed by atoms with Crippen LogP contribution in [-0.4, -0.2) is 19.5 Å². The first-order chi connectivity index (χ1) is 27.5. The Morgan fingerprint density at radius 2 is 1.09 bits per heavy atom. The van der Waals surface area contributed by atoms with E-state index in [1.807, 2.05) is 36.4 Å². The lowest BCUT2D eigenvalue weighted by atomic mass is 9.74. The minimum absolute atomic E-state index is 0.0146. The zero-order valence-electron chi connectivity index (χ0n) is 31.3. The Balaban J connectivity index is 1.21. The van der Waals surface area contributed by atoms with Crippen LogP contribution in [0.3, 0.4) is 0 Å². The summed E-state index contributed by atoms with van der Waals surface area (Å²) < 4.78 is 2.46. The second-order valence-electron chi connectivity index (χ2n) is 15.7. The highest BCUT2D eigenvalue weighted by Crippen LogP contribution is 2.54. The van der Waals surface area contributed by atoms with Crippen LogP contribution in [-0.2, 0) is 5.41 Å². The van der Waals surface area contributed by atoms with Crippen LogP contribution in [0.25, 0.3) is 83.6 Å². The summed E-state index contributed by atoms with van der Waals surface area (Å²) in [6, 6.07) is 56.3. The maximum Gasteiger partial charge on any atom is 0.164 e. The second-order valence-corrected chi connectivity index (χ2v) is 15.7. The fourth-order valence-corrected chi connectivity index (χ4v) is 9.36. The summed E-state index contributed by atoms with van der Waals surface area (Å²) in [5, 5.41) is 4.92. The van der Waals surface area contributed by atoms with E-state index in [0.717, 1.165) is 33.5 Å². The molecule has 266 valence electrons. The number of aromatic nitrogens is 4. The van der Waals surface area contributed by atoms with Crippen LogP contribution in [0, 0.1) is 5.92 Å². The Labute approximate surface area is 326 Å². The molecule has 4 heteroatoms. The Bertz CT molecular complexity index is 3000. The van der Waals surface area contributed by atoms with E-state index in [4.69, 9.17) is 15.0 Å². The lowest BCUT2D eigenvalue weighted by Crippen LogP contribution is -2.24. The minimum Gasteiger partial charge on any atom is -0.309 e. The van der Waals surface area contributed by atoms with Crippen LogP contribution in [0.2, 0.25) is 0 Å². The van der Waals surface area contributed by atoms with Crippen molar-refractivity contribution in [1.29, 1.82) is 0 Å². The Kier molecular flexibility index (Phi) is 7.30. The summed E-state index contributed by atoms with van der Waals surface area (Å²) in [6.07, 6.45) is 9.24. The van der Waals surface area contributed by atoms with Gasteiger partial charge in [-0.1, -0.05) is 159 Å². The van der Waals surface area contributed by atoms with Gasteiger partial charge in [0.2, 0.25) is 0 Å². The molecule has 2 atom stereocenters.